The van der Waals surface area contributed by atoms with Crippen molar-refractivity contribution >= 4 is 11.6 Å². The molecule has 0 atom stereocenters. The molecule has 35 heavy (non-hydrogen) atoms. The van der Waals surface area contributed by atoms with Crippen LogP contribution >= 0.6 is 0 Å². The monoisotopic (exact) mass is 485 g/mol. The number of carbonyl (C=O) groups is 1. The van der Waals surface area contributed by atoms with Crippen LogP contribution in [0.1, 0.15) is 21.5 Å². The highest BCUT2D eigenvalue weighted by Crippen LogP contribution is 2.32. The molecule has 0 radical (unpaired) electrons. The topological polar surface area (TPSA) is 65.4 Å². The molecule has 0 bridgehead atoms. The number of anilines is 1. The molecule has 0 aliphatic carbocycles. The van der Waals surface area contributed by atoms with Crippen LogP contribution in [0, 0.1) is 5.82 Å². The first-order chi connectivity index (χ1) is 16.7. The van der Waals surface area contributed by atoms with Gasteiger partial charge in [0.2, 0.25) is 0 Å². The van der Waals surface area contributed by atoms with Crippen molar-refractivity contribution < 1.29 is 31.8 Å². The van der Waals surface area contributed by atoms with Crippen molar-refractivity contribution in [2.75, 3.05) is 5.32 Å². The fourth-order valence-electron chi connectivity index (χ4n) is 3.24. The molecule has 3 aromatic carbocycles. The Labute approximate surface area is 197 Å². The first-order valence-electron chi connectivity index (χ1n) is 10.4. The van der Waals surface area contributed by atoms with Crippen molar-refractivity contribution in [1.29, 1.82) is 0 Å². The second-order valence-electron chi connectivity index (χ2n) is 7.49. The van der Waals surface area contributed by atoms with Crippen LogP contribution in [-0.2, 0) is 13.2 Å². The average Bonchev–Trinajstić information content (AvgIpc) is 3.26. The van der Waals surface area contributed by atoms with Crippen molar-refractivity contribution in [3.05, 3.63) is 108 Å². The number of hydrogen-bond donors (Lipinski definition) is 1. The van der Waals surface area contributed by atoms with E-state index in [0.29, 0.717) is 23.4 Å². The zero-order valence-electron chi connectivity index (χ0n) is 18.1. The average molecular weight is 485 g/mol. The van der Waals surface area contributed by atoms with E-state index in [9.17, 15) is 22.4 Å². The summed E-state index contributed by atoms with van der Waals surface area (Å²) in [7, 11) is 0. The van der Waals surface area contributed by atoms with Gasteiger partial charge in [-0.1, -0.05) is 36.4 Å². The van der Waals surface area contributed by atoms with Crippen molar-refractivity contribution in [2.24, 2.45) is 0 Å². The molecule has 1 aromatic heterocycles. The molecule has 0 unspecified atom stereocenters. The number of rotatable bonds is 8. The lowest BCUT2D eigenvalue weighted by Gasteiger charge is -2.14. The third-order valence-electron chi connectivity index (χ3n) is 4.81. The molecule has 1 heterocycles. The molecular formula is C25H19F4N3O3. The number of amides is 1. The Hall–Kier alpha value is -4.34. The first-order valence-corrected chi connectivity index (χ1v) is 10.4. The van der Waals surface area contributed by atoms with E-state index < -0.39 is 18.0 Å². The maximum absolute atomic E-state index is 13.1. The molecule has 4 rings (SSSR count). The quantitative estimate of drug-likeness (QED) is 0.321. The van der Waals surface area contributed by atoms with Gasteiger partial charge >= 0.3 is 6.36 Å². The fourth-order valence-corrected chi connectivity index (χ4v) is 3.24. The number of nitrogens with one attached hydrogen (secondary N) is 1. The Morgan fingerprint density at radius 3 is 2.43 bits per heavy atom. The summed E-state index contributed by atoms with van der Waals surface area (Å²) in [5, 5.41) is 6.93. The number of ether oxygens (including phenoxy) is 2. The maximum atomic E-state index is 13.1. The summed E-state index contributed by atoms with van der Waals surface area (Å²) in [5.74, 6) is -1.25. The van der Waals surface area contributed by atoms with E-state index >= 15 is 0 Å². The van der Waals surface area contributed by atoms with Gasteiger partial charge in [-0.25, -0.2) is 4.39 Å². The van der Waals surface area contributed by atoms with Gasteiger partial charge in [-0.2, -0.15) is 5.10 Å². The third kappa shape index (κ3) is 6.83. The fraction of sp³-hybridized carbons (Fsp3) is 0.120. The summed E-state index contributed by atoms with van der Waals surface area (Å²) in [6.45, 7) is 0.331. The van der Waals surface area contributed by atoms with Crippen LogP contribution in [-0.4, -0.2) is 22.1 Å². The molecule has 4 aromatic rings. The molecule has 6 nitrogen and oxygen atoms in total. The molecule has 0 saturated heterocycles. The van der Waals surface area contributed by atoms with E-state index in [0.717, 1.165) is 11.6 Å². The van der Waals surface area contributed by atoms with Gasteiger partial charge in [0.05, 0.1) is 18.4 Å². The molecule has 0 aliphatic heterocycles. The third-order valence-corrected chi connectivity index (χ3v) is 4.81. The maximum Gasteiger partial charge on any atom is 0.573 e. The number of para-hydroxylation sites is 2. The van der Waals surface area contributed by atoms with Crippen LogP contribution in [0.25, 0.3) is 0 Å². The minimum Gasteiger partial charge on any atom is -0.485 e. The van der Waals surface area contributed by atoms with E-state index in [2.05, 4.69) is 15.2 Å². The summed E-state index contributed by atoms with van der Waals surface area (Å²) >= 11 is 0. The van der Waals surface area contributed by atoms with Gasteiger partial charge in [0.25, 0.3) is 5.91 Å². The number of alkyl halides is 3. The second-order valence-corrected chi connectivity index (χ2v) is 7.49. The highest BCUT2D eigenvalue weighted by atomic mass is 19.4. The largest absolute Gasteiger partial charge is 0.573 e. The lowest BCUT2D eigenvalue weighted by atomic mass is 10.1. The summed E-state index contributed by atoms with van der Waals surface area (Å²) in [6.07, 6.45) is -1.71. The Morgan fingerprint density at radius 2 is 1.69 bits per heavy atom. The van der Waals surface area contributed by atoms with Gasteiger partial charge in [-0.3, -0.25) is 9.48 Å². The minimum atomic E-state index is -4.84. The minimum absolute atomic E-state index is 0.0745. The van der Waals surface area contributed by atoms with E-state index in [1.54, 1.807) is 47.3 Å². The second kappa shape index (κ2) is 10.3. The van der Waals surface area contributed by atoms with Crippen LogP contribution in [0.4, 0.5) is 23.2 Å². The Morgan fingerprint density at radius 1 is 0.943 bits per heavy atom. The molecule has 0 spiro atoms. The van der Waals surface area contributed by atoms with Gasteiger partial charge in [0.1, 0.15) is 12.4 Å². The van der Waals surface area contributed by atoms with Crippen LogP contribution in [0.3, 0.4) is 0 Å². The molecule has 0 aliphatic rings. The van der Waals surface area contributed by atoms with Gasteiger partial charge in [0, 0.05) is 11.8 Å². The van der Waals surface area contributed by atoms with Gasteiger partial charge in [-0.05, 0) is 47.5 Å². The first kappa shape index (κ1) is 23.8. The number of carbonyl (C=O) groups excluding carboxylic acids is 1. The SMILES string of the molecule is O=C(Nc1cnn(Cc2ccc(F)cc2)c1)c1cccc(COc2ccccc2OC(F)(F)F)c1. The van der Waals surface area contributed by atoms with E-state index in [-0.39, 0.29) is 18.2 Å². The molecule has 10 heteroatoms. The molecule has 1 amide bonds. The lowest BCUT2D eigenvalue weighted by molar-refractivity contribution is -0.275. The van der Waals surface area contributed by atoms with Crippen LogP contribution in [0.5, 0.6) is 11.5 Å². The summed E-state index contributed by atoms with van der Waals surface area (Å²) < 4.78 is 61.9. The Bertz CT molecular complexity index is 1300. The number of benzene rings is 3. The number of nitrogens with zero attached hydrogens (tertiary/aromatic N) is 2. The van der Waals surface area contributed by atoms with Gasteiger partial charge < -0.3 is 14.8 Å². The van der Waals surface area contributed by atoms with Crippen molar-refractivity contribution in [3.63, 3.8) is 0 Å². The van der Waals surface area contributed by atoms with Crippen molar-refractivity contribution in [2.45, 2.75) is 19.5 Å². The zero-order chi connectivity index (χ0) is 24.8. The molecule has 180 valence electrons. The number of halogens is 4. The molecule has 0 fully saturated rings. The number of aromatic nitrogens is 2. The molecule has 0 saturated carbocycles. The van der Waals surface area contributed by atoms with Crippen LogP contribution in [0.15, 0.2) is 85.2 Å². The van der Waals surface area contributed by atoms with E-state index in [4.69, 9.17) is 4.74 Å². The smallest absolute Gasteiger partial charge is 0.485 e. The highest BCUT2D eigenvalue weighted by Gasteiger charge is 2.32. The van der Waals surface area contributed by atoms with Crippen LogP contribution in [0.2, 0.25) is 0 Å². The summed E-state index contributed by atoms with van der Waals surface area (Å²) in [5.41, 5.74) is 2.22. The van der Waals surface area contributed by atoms with Gasteiger partial charge in [0.15, 0.2) is 11.5 Å². The highest BCUT2D eigenvalue weighted by molar-refractivity contribution is 6.04. The zero-order valence-corrected chi connectivity index (χ0v) is 18.1. The Balaban J connectivity index is 1.37. The molecule has 1 N–H and O–H groups in total. The molecular weight excluding hydrogens is 466 g/mol. The number of hydrogen-bond acceptors (Lipinski definition) is 4. The summed E-state index contributed by atoms with van der Waals surface area (Å²) in [6, 6.07) is 18.0. The summed E-state index contributed by atoms with van der Waals surface area (Å²) in [4.78, 5) is 12.7. The Kier molecular flexibility index (Phi) is 7.00. The van der Waals surface area contributed by atoms with E-state index in [1.807, 2.05) is 0 Å². The van der Waals surface area contributed by atoms with Gasteiger partial charge in [-0.15, -0.1) is 13.2 Å². The van der Waals surface area contributed by atoms with Crippen molar-refractivity contribution in [3.8, 4) is 11.5 Å². The normalized spacial score (nSPS) is 11.2. The van der Waals surface area contributed by atoms with Crippen molar-refractivity contribution in [1.82, 2.24) is 9.78 Å². The predicted molar refractivity (Wildman–Crippen MR) is 120 cm³/mol. The van der Waals surface area contributed by atoms with E-state index in [1.165, 1.54) is 36.5 Å². The van der Waals surface area contributed by atoms with Crippen LogP contribution < -0.4 is 14.8 Å². The standard InChI is InChI=1S/C25H19F4N3O3/c26-20-10-8-17(9-11-20)14-32-15-21(13-30-32)31-24(33)19-5-3-4-18(12-19)16-34-22-6-1-2-7-23(22)35-25(27,28)29/h1-13,15H,14,16H2,(H,31,33). The lowest BCUT2D eigenvalue weighted by Crippen LogP contribution is -2.17. The predicted octanol–water partition coefficient (Wildman–Crippen LogP) is 5.80.